The Morgan fingerprint density at radius 2 is 2.14 bits per heavy atom. The van der Waals surface area contributed by atoms with Gasteiger partial charge in [0.2, 0.25) is 0 Å². The Morgan fingerprint density at radius 3 is 2.64 bits per heavy atom. The fourth-order valence-corrected chi connectivity index (χ4v) is 0.880. The lowest BCUT2D eigenvalue weighted by atomic mass is 10.2. The molecule has 14 heavy (non-hydrogen) atoms. The van der Waals surface area contributed by atoms with Crippen LogP contribution in [0.25, 0.3) is 0 Å². The van der Waals surface area contributed by atoms with Gasteiger partial charge in [-0.15, -0.1) is 0 Å². The van der Waals surface area contributed by atoms with Gasteiger partial charge in [0, 0.05) is 12.2 Å². The largest absolute Gasteiger partial charge is 0.478 e. The highest BCUT2D eigenvalue weighted by Crippen LogP contribution is 1.98. The third-order valence-electron chi connectivity index (χ3n) is 1.66. The molecule has 0 bridgehead atoms. The quantitative estimate of drug-likeness (QED) is 0.388. The third kappa shape index (κ3) is 6.62. The maximum Gasteiger partial charge on any atom is 0.330 e. The molecule has 1 atom stereocenters. The molecule has 0 amide bonds. The van der Waals surface area contributed by atoms with E-state index in [0.717, 1.165) is 0 Å². The Balaban J connectivity index is 3.55. The van der Waals surface area contributed by atoms with E-state index in [0.29, 0.717) is 25.2 Å². The van der Waals surface area contributed by atoms with Crippen molar-refractivity contribution in [3.63, 3.8) is 0 Å². The number of rotatable bonds is 7. The molecule has 0 aliphatic carbocycles. The first-order valence-corrected chi connectivity index (χ1v) is 4.71. The maximum absolute atomic E-state index is 10.4. The van der Waals surface area contributed by atoms with E-state index in [9.17, 15) is 4.79 Å². The Kier molecular flexibility index (Phi) is 7.06. The van der Waals surface area contributed by atoms with Crippen molar-refractivity contribution in [2.24, 2.45) is 0 Å². The predicted molar refractivity (Wildman–Crippen MR) is 53.0 cm³/mol. The lowest BCUT2D eigenvalue weighted by molar-refractivity contribution is -0.132. The van der Waals surface area contributed by atoms with E-state index < -0.39 is 5.97 Å². The van der Waals surface area contributed by atoms with E-state index in [-0.39, 0.29) is 6.29 Å². The van der Waals surface area contributed by atoms with Crippen molar-refractivity contribution >= 4 is 5.97 Å². The maximum atomic E-state index is 10.4. The first-order valence-electron chi connectivity index (χ1n) is 4.71. The van der Waals surface area contributed by atoms with Gasteiger partial charge in [-0.05, 0) is 27.2 Å². The van der Waals surface area contributed by atoms with Crippen LogP contribution in [0.15, 0.2) is 11.6 Å². The fraction of sp³-hybridized carbons (Fsp3) is 0.700. The summed E-state index contributed by atoms with van der Waals surface area (Å²) in [6.45, 7) is 6.37. The molecule has 0 aliphatic heterocycles. The van der Waals surface area contributed by atoms with Gasteiger partial charge in [0.05, 0.1) is 6.61 Å². The Labute approximate surface area is 84.5 Å². The van der Waals surface area contributed by atoms with Crippen LogP contribution >= 0.6 is 0 Å². The summed E-state index contributed by atoms with van der Waals surface area (Å²) in [5.74, 6) is -0.886. The molecule has 1 unspecified atom stereocenters. The second-order valence-electron chi connectivity index (χ2n) is 2.87. The van der Waals surface area contributed by atoms with Gasteiger partial charge in [-0.2, -0.15) is 0 Å². The fourth-order valence-electron chi connectivity index (χ4n) is 0.880. The summed E-state index contributed by atoms with van der Waals surface area (Å²) in [5, 5.41) is 8.54. The molecule has 0 saturated carbocycles. The minimum atomic E-state index is -0.886. The van der Waals surface area contributed by atoms with Gasteiger partial charge in [-0.1, -0.05) is 6.08 Å². The van der Waals surface area contributed by atoms with Crippen LogP contribution < -0.4 is 0 Å². The Morgan fingerprint density at radius 1 is 1.50 bits per heavy atom. The highest BCUT2D eigenvalue weighted by Gasteiger charge is 2.00. The molecule has 0 aromatic heterocycles. The summed E-state index contributed by atoms with van der Waals surface area (Å²) >= 11 is 0. The predicted octanol–water partition coefficient (Wildman–Crippen LogP) is 1.81. The molecule has 1 N–H and O–H groups in total. The lowest BCUT2D eigenvalue weighted by Crippen LogP contribution is -2.13. The smallest absolute Gasteiger partial charge is 0.330 e. The second-order valence-corrected chi connectivity index (χ2v) is 2.87. The molecular weight excluding hydrogens is 184 g/mol. The van der Waals surface area contributed by atoms with Crippen LogP contribution in [0.3, 0.4) is 0 Å². The van der Waals surface area contributed by atoms with E-state index in [4.69, 9.17) is 14.6 Å². The molecule has 0 saturated heterocycles. The zero-order valence-electron chi connectivity index (χ0n) is 8.95. The zero-order chi connectivity index (χ0) is 11.0. The average molecular weight is 202 g/mol. The summed E-state index contributed by atoms with van der Waals surface area (Å²) in [4.78, 5) is 10.4. The Hall–Kier alpha value is -0.870. The normalized spacial score (nSPS) is 14.1. The summed E-state index contributed by atoms with van der Waals surface area (Å²) in [7, 11) is 0. The van der Waals surface area contributed by atoms with Crippen molar-refractivity contribution < 1.29 is 19.4 Å². The highest BCUT2D eigenvalue weighted by molar-refractivity contribution is 5.85. The molecule has 4 nitrogen and oxygen atoms in total. The summed E-state index contributed by atoms with van der Waals surface area (Å²) < 4.78 is 10.4. The van der Waals surface area contributed by atoms with Gasteiger partial charge in [0.1, 0.15) is 0 Å². The standard InChI is InChI=1S/C10H18O4/c1-4-13-9(3)14-7-5-6-8(2)10(11)12/h6,9H,4-5,7H2,1-3H3,(H,11,12). The molecule has 0 heterocycles. The average Bonchev–Trinajstić information content (AvgIpc) is 2.12. The number of aliphatic carboxylic acids is 1. The second kappa shape index (κ2) is 7.53. The molecule has 4 heteroatoms. The van der Waals surface area contributed by atoms with Crippen LogP contribution in [0.1, 0.15) is 27.2 Å². The van der Waals surface area contributed by atoms with Crippen molar-refractivity contribution in [2.75, 3.05) is 13.2 Å². The van der Waals surface area contributed by atoms with Crippen LogP contribution in [0.4, 0.5) is 0 Å². The monoisotopic (exact) mass is 202 g/mol. The molecule has 0 fully saturated rings. The van der Waals surface area contributed by atoms with Crippen molar-refractivity contribution in [1.29, 1.82) is 0 Å². The van der Waals surface area contributed by atoms with Gasteiger partial charge < -0.3 is 14.6 Å². The summed E-state index contributed by atoms with van der Waals surface area (Å²) in [6, 6.07) is 0. The first kappa shape index (κ1) is 13.1. The van der Waals surface area contributed by atoms with Crippen LogP contribution in [-0.4, -0.2) is 30.6 Å². The molecule has 0 aromatic carbocycles. The molecule has 0 aliphatic rings. The topological polar surface area (TPSA) is 55.8 Å². The van der Waals surface area contributed by atoms with E-state index in [2.05, 4.69) is 0 Å². The molecule has 0 spiro atoms. The Bertz CT molecular complexity index is 198. The van der Waals surface area contributed by atoms with Crippen molar-refractivity contribution in [3.05, 3.63) is 11.6 Å². The van der Waals surface area contributed by atoms with Gasteiger partial charge in [0.15, 0.2) is 6.29 Å². The van der Waals surface area contributed by atoms with Crippen LogP contribution in [0.2, 0.25) is 0 Å². The minimum Gasteiger partial charge on any atom is -0.478 e. The molecule has 0 aromatic rings. The summed E-state index contributed by atoms with van der Waals surface area (Å²) in [5.41, 5.74) is 0.345. The zero-order valence-corrected chi connectivity index (χ0v) is 8.95. The third-order valence-corrected chi connectivity index (χ3v) is 1.66. The van der Waals surface area contributed by atoms with E-state index in [1.54, 1.807) is 13.0 Å². The number of carboxylic acids is 1. The number of carbonyl (C=O) groups is 1. The van der Waals surface area contributed by atoms with Crippen molar-refractivity contribution in [1.82, 2.24) is 0 Å². The minimum absolute atomic E-state index is 0.224. The number of ether oxygens (including phenoxy) is 2. The van der Waals surface area contributed by atoms with E-state index in [1.165, 1.54) is 0 Å². The van der Waals surface area contributed by atoms with Gasteiger partial charge >= 0.3 is 5.97 Å². The SMILES string of the molecule is CCOC(C)OCCC=C(C)C(=O)O. The van der Waals surface area contributed by atoms with Gasteiger partial charge in [0.25, 0.3) is 0 Å². The number of hydrogen-bond donors (Lipinski definition) is 1. The number of carboxylic acid groups (broad SMARTS) is 1. The first-order chi connectivity index (χ1) is 6.57. The van der Waals surface area contributed by atoms with E-state index >= 15 is 0 Å². The molecular formula is C10H18O4. The van der Waals surface area contributed by atoms with Gasteiger partial charge in [-0.3, -0.25) is 0 Å². The van der Waals surface area contributed by atoms with Gasteiger partial charge in [-0.25, -0.2) is 4.79 Å². The molecule has 0 radical (unpaired) electrons. The van der Waals surface area contributed by atoms with E-state index in [1.807, 2.05) is 13.8 Å². The van der Waals surface area contributed by atoms with Crippen LogP contribution in [-0.2, 0) is 14.3 Å². The highest BCUT2D eigenvalue weighted by atomic mass is 16.7. The van der Waals surface area contributed by atoms with Crippen LogP contribution in [0, 0.1) is 0 Å². The molecule has 0 rings (SSSR count). The van der Waals surface area contributed by atoms with Crippen molar-refractivity contribution in [3.8, 4) is 0 Å². The number of hydrogen-bond acceptors (Lipinski definition) is 3. The summed E-state index contributed by atoms with van der Waals surface area (Å²) in [6.07, 6.45) is 2.01. The van der Waals surface area contributed by atoms with Crippen LogP contribution in [0.5, 0.6) is 0 Å². The lowest BCUT2D eigenvalue weighted by Gasteiger charge is -2.11. The van der Waals surface area contributed by atoms with Crippen molar-refractivity contribution in [2.45, 2.75) is 33.5 Å². The molecule has 82 valence electrons.